The van der Waals surface area contributed by atoms with E-state index in [1.807, 2.05) is 29.3 Å². The minimum atomic E-state index is -0.849. The van der Waals surface area contributed by atoms with Gasteiger partial charge in [-0.2, -0.15) is 0 Å². The van der Waals surface area contributed by atoms with Gasteiger partial charge in [0.25, 0.3) is 0 Å². The fourth-order valence-electron chi connectivity index (χ4n) is 3.82. The lowest BCUT2D eigenvalue weighted by molar-refractivity contribution is -0.131. The average molecular weight is 407 g/mol. The molecule has 0 saturated carbocycles. The lowest BCUT2D eigenvalue weighted by Gasteiger charge is -2.32. The third-order valence-corrected chi connectivity index (χ3v) is 5.51. The maximum atomic E-state index is 13.0. The van der Waals surface area contributed by atoms with Gasteiger partial charge >= 0.3 is 0 Å². The van der Waals surface area contributed by atoms with E-state index in [0.717, 1.165) is 40.6 Å². The number of alkyl halides is 1. The number of pyridine rings is 1. The van der Waals surface area contributed by atoms with Gasteiger partial charge in [0.05, 0.1) is 24.0 Å². The topological polar surface area (TPSA) is 71.0 Å². The number of carbonyl (C=O) groups excluding carboxylic acids is 1. The molecule has 1 amide bonds. The second-order valence-corrected chi connectivity index (χ2v) is 7.85. The Morgan fingerprint density at radius 2 is 2.00 bits per heavy atom. The van der Waals surface area contributed by atoms with Crippen LogP contribution < -0.4 is 5.32 Å². The summed E-state index contributed by atoms with van der Waals surface area (Å²) in [6.07, 6.45) is 8.01. The number of rotatable bonds is 6. The van der Waals surface area contributed by atoms with Crippen LogP contribution in [-0.4, -0.2) is 57.6 Å². The average Bonchev–Trinajstić information content (AvgIpc) is 2.78. The van der Waals surface area contributed by atoms with Crippen LogP contribution in [0.15, 0.2) is 49.1 Å². The highest BCUT2D eigenvalue weighted by molar-refractivity contribution is 5.87. The Bertz CT molecular complexity index is 1000. The lowest BCUT2D eigenvalue weighted by Crippen LogP contribution is -2.46. The normalized spacial score (nSPS) is 16.0. The van der Waals surface area contributed by atoms with Gasteiger partial charge in [0.1, 0.15) is 6.17 Å². The van der Waals surface area contributed by atoms with Crippen molar-refractivity contribution in [1.82, 2.24) is 25.2 Å². The van der Waals surface area contributed by atoms with Crippen LogP contribution in [0.4, 0.5) is 4.39 Å². The summed E-state index contributed by atoms with van der Waals surface area (Å²) in [4.78, 5) is 27.6. The van der Waals surface area contributed by atoms with Crippen LogP contribution in [0.1, 0.15) is 25.5 Å². The molecule has 7 heteroatoms. The standard InChI is InChI=1S/C23H26FN5O/c1-16(24)13-27-20-4-8-29(9-5-20)23(30)12-21-11-19-10-17(2-3-18(19)14-28-21)22-15-25-6-7-26-22/h2-3,6-7,10-11,14-16,20,27H,4-5,8-9,12-13H2,1H3. The summed E-state index contributed by atoms with van der Waals surface area (Å²) in [5.41, 5.74) is 2.55. The molecule has 0 bridgehead atoms. The molecule has 1 unspecified atom stereocenters. The molecule has 1 aliphatic rings. The molecule has 1 aromatic carbocycles. The van der Waals surface area contributed by atoms with Gasteiger partial charge in [-0.05, 0) is 37.3 Å². The molecule has 6 nitrogen and oxygen atoms in total. The second kappa shape index (κ2) is 9.26. The summed E-state index contributed by atoms with van der Waals surface area (Å²) in [6, 6.07) is 8.32. The molecule has 1 saturated heterocycles. The van der Waals surface area contributed by atoms with E-state index in [-0.39, 0.29) is 18.4 Å². The number of hydrogen-bond acceptors (Lipinski definition) is 5. The Labute approximate surface area is 175 Å². The minimum Gasteiger partial charge on any atom is -0.342 e. The van der Waals surface area contributed by atoms with Gasteiger partial charge < -0.3 is 10.2 Å². The number of nitrogens with one attached hydrogen (secondary N) is 1. The van der Waals surface area contributed by atoms with Gasteiger partial charge in [-0.1, -0.05) is 12.1 Å². The molecule has 0 radical (unpaired) electrons. The van der Waals surface area contributed by atoms with Crippen LogP contribution in [0, 0.1) is 0 Å². The van der Waals surface area contributed by atoms with Crippen molar-refractivity contribution in [2.75, 3.05) is 19.6 Å². The Hall–Kier alpha value is -2.93. The fraction of sp³-hybridized carbons (Fsp3) is 0.391. The Balaban J connectivity index is 1.40. The number of carbonyl (C=O) groups is 1. The van der Waals surface area contributed by atoms with E-state index >= 15 is 0 Å². The summed E-state index contributed by atoms with van der Waals surface area (Å²) in [6.45, 7) is 3.32. The van der Waals surface area contributed by atoms with Gasteiger partial charge in [0, 0.05) is 55.2 Å². The summed E-state index contributed by atoms with van der Waals surface area (Å²) in [5, 5.41) is 5.28. The molecule has 4 rings (SSSR count). The number of aromatic nitrogens is 3. The summed E-state index contributed by atoms with van der Waals surface area (Å²) >= 11 is 0. The van der Waals surface area contributed by atoms with Crippen LogP contribution in [0.3, 0.4) is 0 Å². The number of fused-ring (bicyclic) bond motifs is 1. The van der Waals surface area contributed by atoms with Crippen LogP contribution >= 0.6 is 0 Å². The van der Waals surface area contributed by atoms with E-state index in [2.05, 4.69) is 26.3 Å². The smallest absolute Gasteiger partial charge is 0.228 e. The van der Waals surface area contributed by atoms with Gasteiger partial charge in [0.15, 0.2) is 0 Å². The molecule has 3 aromatic rings. The Morgan fingerprint density at radius 3 is 2.73 bits per heavy atom. The number of nitrogens with zero attached hydrogens (tertiary/aromatic N) is 4. The Kier molecular flexibility index (Phi) is 6.28. The highest BCUT2D eigenvalue weighted by Crippen LogP contribution is 2.23. The number of piperidine rings is 1. The fourth-order valence-corrected chi connectivity index (χ4v) is 3.82. The van der Waals surface area contributed by atoms with Crippen LogP contribution in [0.25, 0.3) is 22.0 Å². The molecule has 1 N–H and O–H groups in total. The van der Waals surface area contributed by atoms with Crippen LogP contribution in [-0.2, 0) is 11.2 Å². The molecule has 156 valence electrons. The summed E-state index contributed by atoms with van der Waals surface area (Å²) in [7, 11) is 0. The van der Waals surface area contributed by atoms with Gasteiger partial charge in [-0.15, -0.1) is 0 Å². The molecule has 2 aromatic heterocycles. The first-order chi connectivity index (χ1) is 14.6. The molecule has 1 aliphatic heterocycles. The zero-order valence-electron chi connectivity index (χ0n) is 17.1. The third kappa shape index (κ3) is 4.97. The van der Waals surface area contributed by atoms with Crippen molar-refractivity contribution in [2.45, 2.75) is 38.4 Å². The molecule has 1 atom stereocenters. The number of hydrogen-bond donors (Lipinski definition) is 1. The molecular weight excluding hydrogens is 381 g/mol. The van der Waals surface area contributed by atoms with Crippen molar-refractivity contribution in [3.05, 3.63) is 54.7 Å². The summed E-state index contributed by atoms with van der Waals surface area (Å²) in [5.74, 6) is 0.0873. The van der Waals surface area contributed by atoms with Crippen LogP contribution in [0.2, 0.25) is 0 Å². The van der Waals surface area contributed by atoms with Gasteiger partial charge in [-0.25, -0.2) is 4.39 Å². The maximum Gasteiger partial charge on any atom is 0.228 e. The largest absolute Gasteiger partial charge is 0.342 e. The molecule has 1 fully saturated rings. The van der Waals surface area contributed by atoms with Crippen molar-refractivity contribution in [1.29, 1.82) is 0 Å². The molecule has 3 heterocycles. The van der Waals surface area contributed by atoms with E-state index in [4.69, 9.17) is 0 Å². The van der Waals surface area contributed by atoms with Crippen molar-refractivity contribution >= 4 is 16.7 Å². The van der Waals surface area contributed by atoms with E-state index in [9.17, 15) is 9.18 Å². The predicted molar refractivity (Wildman–Crippen MR) is 115 cm³/mol. The first-order valence-corrected chi connectivity index (χ1v) is 10.4. The monoisotopic (exact) mass is 407 g/mol. The van der Waals surface area contributed by atoms with Gasteiger partial charge in [0.2, 0.25) is 5.91 Å². The number of halogens is 1. The highest BCUT2D eigenvalue weighted by atomic mass is 19.1. The quantitative estimate of drug-likeness (QED) is 0.680. The highest BCUT2D eigenvalue weighted by Gasteiger charge is 2.23. The molecular formula is C23H26FN5O. The van der Waals surface area contributed by atoms with E-state index < -0.39 is 6.17 Å². The number of amides is 1. The molecule has 0 aliphatic carbocycles. The summed E-state index contributed by atoms with van der Waals surface area (Å²) < 4.78 is 13.0. The maximum absolute atomic E-state index is 13.0. The van der Waals surface area contributed by atoms with Crippen molar-refractivity contribution < 1.29 is 9.18 Å². The predicted octanol–water partition coefficient (Wildman–Crippen LogP) is 3.17. The van der Waals surface area contributed by atoms with Crippen molar-refractivity contribution in [2.24, 2.45) is 0 Å². The zero-order chi connectivity index (χ0) is 20.9. The molecule has 0 spiro atoms. The van der Waals surface area contributed by atoms with E-state index in [1.165, 1.54) is 0 Å². The third-order valence-electron chi connectivity index (χ3n) is 5.51. The first kappa shape index (κ1) is 20.3. The second-order valence-electron chi connectivity index (χ2n) is 7.85. The first-order valence-electron chi connectivity index (χ1n) is 10.4. The zero-order valence-corrected chi connectivity index (χ0v) is 17.1. The van der Waals surface area contributed by atoms with Gasteiger partial charge in [-0.3, -0.25) is 19.7 Å². The van der Waals surface area contributed by atoms with Crippen molar-refractivity contribution in [3.8, 4) is 11.3 Å². The SMILES string of the molecule is CC(F)CNC1CCN(C(=O)Cc2cc3cc(-c4cnccn4)ccc3cn2)CC1. The Morgan fingerprint density at radius 1 is 1.17 bits per heavy atom. The number of benzene rings is 1. The van der Waals surface area contributed by atoms with E-state index in [0.29, 0.717) is 19.6 Å². The lowest BCUT2D eigenvalue weighted by atomic mass is 10.0. The van der Waals surface area contributed by atoms with Crippen molar-refractivity contribution in [3.63, 3.8) is 0 Å². The number of likely N-dealkylation sites (tertiary alicyclic amines) is 1. The van der Waals surface area contributed by atoms with Crippen LogP contribution in [0.5, 0.6) is 0 Å². The molecule has 30 heavy (non-hydrogen) atoms. The minimum absolute atomic E-state index is 0.0873. The van der Waals surface area contributed by atoms with E-state index in [1.54, 1.807) is 25.5 Å².